The summed E-state index contributed by atoms with van der Waals surface area (Å²) in [6.45, 7) is 11.9. The van der Waals surface area contributed by atoms with Gasteiger partial charge in [-0.2, -0.15) is 5.26 Å². The predicted molar refractivity (Wildman–Crippen MR) is 166 cm³/mol. The first kappa shape index (κ1) is 29.7. The molecule has 0 saturated heterocycles. The van der Waals surface area contributed by atoms with Crippen LogP contribution in [0.5, 0.6) is 0 Å². The Bertz CT molecular complexity index is 1810. The first-order valence-electron chi connectivity index (χ1n) is 13.4. The zero-order valence-corrected chi connectivity index (χ0v) is 25.9. The fourth-order valence-electron chi connectivity index (χ4n) is 5.09. The third kappa shape index (κ3) is 5.52. The van der Waals surface area contributed by atoms with Gasteiger partial charge in [-0.3, -0.25) is 5.32 Å². The third-order valence-corrected chi connectivity index (χ3v) is 8.50. The van der Waals surface area contributed by atoms with Crippen LogP contribution in [0.2, 0.25) is 0 Å². The minimum Gasteiger partial charge on any atom is -0.444 e. The number of thiophene rings is 1. The highest BCUT2D eigenvalue weighted by atomic mass is 32.2. The number of halogens is 1. The molecular formula is C30H31FN6O3S2. The second-order valence-electron chi connectivity index (χ2n) is 10.9. The number of carbonyl (C=O) groups is 1. The number of hydrogen-bond donors (Lipinski definition) is 3. The normalized spacial score (nSPS) is 12.8. The van der Waals surface area contributed by atoms with E-state index in [0.717, 1.165) is 50.2 Å². The number of hydrogen-bond acceptors (Lipinski definition) is 10. The Labute approximate surface area is 251 Å². The van der Waals surface area contributed by atoms with Crippen LogP contribution in [0.25, 0.3) is 32.1 Å². The van der Waals surface area contributed by atoms with E-state index >= 15 is 4.39 Å². The van der Waals surface area contributed by atoms with Crippen molar-refractivity contribution in [3.63, 3.8) is 0 Å². The van der Waals surface area contributed by atoms with Gasteiger partial charge in [0.2, 0.25) is 0 Å². The Morgan fingerprint density at radius 2 is 2.00 bits per heavy atom. The molecule has 1 aliphatic rings. The molecule has 0 atom stereocenters. The SMILES string of the molecule is CCSc1nc(NCC(C)=N)c2c3c(c(-c4ccc(F)c5sc(NC(=O)OC(C)(C)C)c(C#N)c45)c(C)c2n1)COC3. The summed E-state index contributed by atoms with van der Waals surface area (Å²) in [4.78, 5) is 22.3. The molecule has 0 fully saturated rings. The maximum absolute atomic E-state index is 15.3. The van der Waals surface area contributed by atoms with Crippen molar-refractivity contribution in [3.8, 4) is 17.2 Å². The minimum absolute atomic E-state index is 0.163. The summed E-state index contributed by atoms with van der Waals surface area (Å²) < 4.78 is 26.9. The molecule has 0 spiro atoms. The lowest BCUT2D eigenvalue weighted by atomic mass is 9.87. The summed E-state index contributed by atoms with van der Waals surface area (Å²) in [6.07, 6.45) is -0.721. The van der Waals surface area contributed by atoms with Crippen LogP contribution in [0.3, 0.4) is 0 Å². The molecular weight excluding hydrogens is 576 g/mol. The quantitative estimate of drug-likeness (QED) is 0.110. The van der Waals surface area contributed by atoms with Crippen LogP contribution in [0, 0.1) is 29.5 Å². The molecule has 1 amide bonds. The Hall–Kier alpha value is -3.79. The van der Waals surface area contributed by atoms with E-state index in [9.17, 15) is 10.1 Å². The van der Waals surface area contributed by atoms with Crippen LogP contribution >= 0.6 is 23.1 Å². The fourth-order valence-corrected chi connectivity index (χ4v) is 6.73. The number of aromatic nitrogens is 2. The van der Waals surface area contributed by atoms with Gasteiger partial charge in [0.25, 0.3) is 0 Å². The number of nitrogens with zero attached hydrogens (tertiary/aromatic N) is 3. The maximum Gasteiger partial charge on any atom is 0.412 e. The number of amides is 1. The molecule has 218 valence electrons. The Morgan fingerprint density at radius 3 is 2.67 bits per heavy atom. The number of nitriles is 1. The molecule has 2 aromatic heterocycles. The summed E-state index contributed by atoms with van der Waals surface area (Å²) in [7, 11) is 0. The standard InChI is InChI=1S/C30H31FN6O3S2/c1-7-41-28-35-24-15(3)21(18-12-39-13-19(18)23(24)26(36-28)34-11-14(2)33)16-8-9-20(31)25-22(16)17(10-32)27(42-25)37-29(38)40-30(4,5)6/h8-9,33H,7,11-13H2,1-6H3,(H,37,38)(H,34,35,36). The van der Waals surface area contributed by atoms with E-state index in [4.69, 9.17) is 24.9 Å². The lowest BCUT2D eigenvalue weighted by Gasteiger charge is -2.19. The summed E-state index contributed by atoms with van der Waals surface area (Å²) in [6, 6.07) is 5.26. The second-order valence-corrected chi connectivity index (χ2v) is 13.2. The lowest BCUT2D eigenvalue weighted by Crippen LogP contribution is -2.27. The highest BCUT2D eigenvalue weighted by Crippen LogP contribution is 2.48. The van der Waals surface area contributed by atoms with Gasteiger partial charge in [0.15, 0.2) is 5.16 Å². The van der Waals surface area contributed by atoms with Gasteiger partial charge in [-0.05, 0) is 74.3 Å². The Morgan fingerprint density at radius 1 is 1.26 bits per heavy atom. The monoisotopic (exact) mass is 606 g/mol. The van der Waals surface area contributed by atoms with Crippen LogP contribution in [0.15, 0.2) is 17.3 Å². The number of thioether (sulfide) groups is 1. The molecule has 0 saturated carbocycles. The van der Waals surface area contributed by atoms with Crippen LogP contribution in [0.1, 0.15) is 56.9 Å². The van der Waals surface area contributed by atoms with Gasteiger partial charge in [-0.25, -0.2) is 19.2 Å². The molecule has 4 aromatic rings. The largest absolute Gasteiger partial charge is 0.444 e. The average molecular weight is 607 g/mol. The van der Waals surface area contributed by atoms with Crippen molar-refractivity contribution in [1.82, 2.24) is 9.97 Å². The van der Waals surface area contributed by atoms with Gasteiger partial charge < -0.3 is 20.2 Å². The molecule has 0 unspecified atom stereocenters. The maximum atomic E-state index is 15.3. The highest BCUT2D eigenvalue weighted by Gasteiger charge is 2.30. The molecule has 12 heteroatoms. The molecule has 0 radical (unpaired) electrons. The molecule has 1 aliphatic heterocycles. The van der Waals surface area contributed by atoms with Gasteiger partial charge >= 0.3 is 6.09 Å². The number of rotatable bonds is 7. The number of ether oxygens (including phenoxy) is 2. The molecule has 3 N–H and O–H groups in total. The van der Waals surface area contributed by atoms with Crippen LogP contribution in [0.4, 0.5) is 20.0 Å². The first-order valence-corrected chi connectivity index (χ1v) is 15.2. The van der Waals surface area contributed by atoms with Crippen molar-refractivity contribution in [2.24, 2.45) is 0 Å². The van der Waals surface area contributed by atoms with Gasteiger partial charge in [0.05, 0.1) is 35.5 Å². The number of benzene rings is 2. The average Bonchev–Trinajstić information content (AvgIpc) is 3.53. The molecule has 0 bridgehead atoms. The van der Waals surface area contributed by atoms with E-state index in [1.54, 1.807) is 33.8 Å². The summed E-state index contributed by atoms with van der Waals surface area (Å²) in [5, 5.41) is 26.2. The van der Waals surface area contributed by atoms with Gasteiger partial charge in [-0.15, -0.1) is 11.3 Å². The number of anilines is 2. The Kier molecular flexibility index (Phi) is 8.11. The number of carbonyl (C=O) groups excluding carboxylic acids is 1. The van der Waals surface area contributed by atoms with E-state index in [1.165, 1.54) is 17.8 Å². The van der Waals surface area contributed by atoms with E-state index in [1.807, 2.05) is 13.8 Å². The van der Waals surface area contributed by atoms with Crippen molar-refractivity contribution in [3.05, 3.63) is 40.2 Å². The second kappa shape index (κ2) is 11.5. The number of aryl methyl sites for hydroxylation is 1. The smallest absolute Gasteiger partial charge is 0.412 e. The number of nitrogens with one attached hydrogen (secondary N) is 3. The first-order chi connectivity index (χ1) is 19.9. The summed E-state index contributed by atoms with van der Waals surface area (Å²) >= 11 is 2.52. The van der Waals surface area contributed by atoms with Crippen molar-refractivity contribution >= 4 is 66.7 Å². The molecule has 42 heavy (non-hydrogen) atoms. The fraction of sp³-hybridized carbons (Fsp3) is 0.367. The topological polar surface area (TPSA) is 133 Å². The molecule has 2 aromatic carbocycles. The summed E-state index contributed by atoms with van der Waals surface area (Å²) in [5.74, 6) is 0.928. The van der Waals surface area contributed by atoms with E-state index in [0.29, 0.717) is 47.4 Å². The molecule has 0 aliphatic carbocycles. The van der Waals surface area contributed by atoms with Crippen molar-refractivity contribution in [2.75, 3.05) is 22.9 Å². The van der Waals surface area contributed by atoms with Gasteiger partial charge in [-0.1, -0.05) is 24.8 Å². The van der Waals surface area contributed by atoms with Crippen molar-refractivity contribution < 1.29 is 18.7 Å². The van der Waals surface area contributed by atoms with Crippen molar-refractivity contribution in [2.45, 2.75) is 65.5 Å². The van der Waals surface area contributed by atoms with Gasteiger partial charge in [0.1, 0.15) is 28.3 Å². The molecule has 3 heterocycles. The zero-order valence-electron chi connectivity index (χ0n) is 24.2. The van der Waals surface area contributed by atoms with E-state index < -0.39 is 17.5 Å². The van der Waals surface area contributed by atoms with E-state index in [-0.39, 0.29) is 15.3 Å². The summed E-state index contributed by atoms with van der Waals surface area (Å²) in [5.41, 5.74) is 4.77. The predicted octanol–water partition coefficient (Wildman–Crippen LogP) is 7.77. The van der Waals surface area contributed by atoms with Gasteiger partial charge in [0, 0.05) is 16.5 Å². The third-order valence-electron chi connectivity index (χ3n) is 6.66. The Balaban J connectivity index is 1.79. The molecule has 5 rings (SSSR count). The highest BCUT2D eigenvalue weighted by molar-refractivity contribution is 7.99. The lowest BCUT2D eigenvalue weighted by molar-refractivity contribution is 0.0636. The zero-order chi connectivity index (χ0) is 30.3. The van der Waals surface area contributed by atoms with Crippen LogP contribution < -0.4 is 10.6 Å². The minimum atomic E-state index is -0.741. The number of fused-ring (bicyclic) bond motifs is 4. The van der Waals surface area contributed by atoms with Crippen LogP contribution in [-0.4, -0.2) is 39.7 Å². The van der Waals surface area contributed by atoms with Crippen LogP contribution in [-0.2, 0) is 22.7 Å². The van der Waals surface area contributed by atoms with Crippen molar-refractivity contribution in [1.29, 1.82) is 10.7 Å². The molecule has 9 nitrogen and oxygen atoms in total. The van der Waals surface area contributed by atoms with E-state index in [2.05, 4.69) is 16.7 Å².